The number of hydrogen-bond donors (Lipinski definition) is 0. The highest BCUT2D eigenvalue weighted by atomic mass is 14.7. The van der Waals surface area contributed by atoms with E-state index in [1.54, 1.807) is 25.7 Å². The summed E-state index contributed by atoms with van der Waals surface area (Å²) >= 11 is 0. The van der Waals surface area contributed by atoms with Gasteiger partial charge in [0, 0.05) is 25.7 Å². The Morgan fingerprint density at radius 2 is 2.00 bits per heavy atom. The molecule has 0 aliphatic rings. The minimum absolute atomic E-state index is 1.64. The highest BCUT2D eigenvalue weighted by Crippen LogP contribution is 1.67. The summed E-state index contributed by atoms with van der Waals surface area (Å²) in [5.41, 5.74) is 0. The first kappa shape index (κ1) is 7.08. The molecule has 2 heteroatoms. The molecule has 0 radical (unpaired) electrons. The second-order valence-corrected chi connectivity index (χ2v) is 1.19. The van der Waals surface area contributed by atoms with Crippen molar-refractivity contribution in [1.29, 1.82) is 0 Å². The first-order valence-electron chi connectivity index (χ1n) is 2.47. The van der Waals surface area contributed by atoms with Crippen LogP contribution in [0.5, 0.6) is 0 Å². The quantitative estimate of drug-likeness (QED) is 0.478. The van der Waals surface area contributed by atoms with Crippen molar-refractivity contribution in [2.45, 2.75) is 6.92 Å². The molecule has 0 spiro atoms. The Kier molecular flexibility index (Phi) is 5.38. The minimum atomic E-state index is 1.64. The Bertz CT molecular complexity index is 97.7. The largest absolute Gasteiger partial charge is 0.295 e. The third-order valence-corrected chi connectivity index (χ3v) is 0.537. The normalized spacial score (nSPS) is 12.8. The van der Waals surface area contributed by atoms with Gasteiger partial charge in [0.05, 0.1) is 0 Å². The summed E-state index contributed by atoms with van der Waals surface area (Å²) in [6.45, 7) is 1.92. The monoisotopic (exact) mass is 110 g/mol. The van der Waals surface area contributed by atoms with Gasteiger partial charge in [-0.1, -0.05) is 6.08 Å². The van der Waals surface area contributed by atoms with Gasteiger partial charge in [-0.2, -0.15) is 0 Å². The van der Waals surface area contributed by atoms with Crippen molar-refractivity contribution in [3.05, 3.63) is 12.3 Å². The second kappa shape index (κ2) is 6.08. The first-order valence-corrected chi connectivity index (χ1v) is 2.47. The SMILES string of the molecule is C/C=C\N=C/C=NC. The molecule has 0 amide bonds. The molecule has 0 saturated heterocycles. The van der Waals surface area contributed by atoms with Gasteiger partial charge in [0.1, 0.15) is 0 Å². The van der Waals surface area contributed by atoms with E-state index in [9.17, 15) is 0 Å². The predicted octanol–water partition coefficient (Wildman–Crippen LogP) is 1.29. The van der Waals surface area contributed by atoms with E-state index in [1.807, 2.05) is 13.0 Å². The number of aliphatic imine (C=N–C) groups is 2. The van der Waals surface area contributed by atoms with E-state index in [4.69, 9.17) is 0 Å². The molecule has 8 heavy (non-hydrogen) atoms. The highest BCUT2D eigenvalue weighted by Gasteiger charge is 1.56. The Morgan fingerprint density at radius 3 is 2.50 bits per heavy atom. The maximum absolute atomic E-state index is 3.82. The molecule has 0 aromatic heterocycles. The summed E-state index contributed by atoms with van der Waals surface area (Å²) in [6, 6.07) is 0. The van der Waals surface area contributed by atoms with Crippen LogP contribution < -0.4 is 0 Å². The second-order valence-electron chi connectivity index (χ2n) is 1.19. The van der Waals surface area contributed by atoms with E-state index < -0.39 is 0 Å². The van der Waals surface area contributed by atoms with E-state index in [0.29, 0.717) is 0 Å². The molecule has 0 atom stereocenters. The summed E-state index contributed by atoms with van der Waals surface area (Å²) in [7, 11) is 1.71. The number of rotatable bonds is 2. The van der Waals surface area contributed by atoms with Gasteiger partial charge in [0.25, 0.3) is 0 Å². The Balaban J connectivity index is 3.35. The number of hydrogen-bond acceptors (Lipinski definition) is 2. The van der Waals surface area contributed by atoms with E-state index in [0.717, 1.165) is 0 Å². The number of allylic oxidation sites excluding steroid dienone is 1. The van der Waals surface area contributed by atoms with Gasteiger partial charge >= 0.3 is 0 Å². The lowest BCUT2D eigenvalue weighted by molar-refractivity contribution is 1.48. The van der Waals surface area contributed by atoms with Crippen molar-refractivity contribution >= 4 is 12.4 Å². The molecule has 0 aliphatic heterocycles. The van der Waals surface area contributed by atoms with Gasteiger partial charge in [0.2, 0.25) is 0 Å². The van der Waals surface area contributed by atoms with Gasteiger partial charge in [-0.15, -0.1) is 0 Å². The molecule has 0 aliphatic carbocycles. The van der Waals surface area contributed by atoms with Gasteiger partial charge < -0.3 is 0 Å². The van der Waals surface area contributed by atoms with Crippen LogP contribution in [-0.2, 0) is 0 Å². The zero-order valence-electron chi connectivity index (χ0n) is 5.20. The molecule has 0 saturated carbocycles. The van der Waals surface area contributed by atoms with Crippen molar-refractivity contribution in [3.8, 4) is 0 Å². The predicted molar refractivity (Wildman–Crippen MR) is 37.7 cm³/mol. The van der Waals surface area contributed by atoms with Gasteiger partial charge in [-0.25, -0.2) is 0 Å². The molecule has 0 N–H and O–H groups in total. The molecule has 0 bridgehead atoms. The maximum Gasteiger partial charge on any atom is 0.0446 e. The lowest BCUT2D eigenvalue weighted by Gasteiger charge is -1.69. The zero-order chi connectivity index (χ0) is 6.24. The molecule has 0 unspecified atom stereocenters. The topological polar surface area (TPSA) is 24.7 Å². The lowest BCUT2D eigenvalue weighted by Crippen LogP contribution is -1.69. The Hall–Kier alpha value is -0.920. The van der Waals surface area contributed by atoms with Crippen molar-refractivity contribution in [2.24, 2.45) is 9.98 Å². The fraction of sp³-hybridized carbons (Fsp3) is 0.333. The fourth-order valence-electron chi connectivity index (χ4n) is 0.241. The molecular formula is C6H10N2. The first-order chi connectivity index (χ1) is 3.91. The Labute approximate surface area is 49.7 Å². The van der Waals surface area contributed by atoms with E-state index in [1.165, 1.54) is 0 Å². The molecule has 0 aromatic carbocycles. The van der Waals surface area contributed by atoms with Crippen molar-refractivity contribution in [2.75, 3.05) is 7.05 Å². The number of nitrogens with zero attached hydrogens (tertiary/aromatic N) is 2. The summed E-state index contributed by atoms with van der Waals surface area (Å²) in [5.74, 6) is 0. The van der Waals surface area contributed by atoms with Crippen LogP contribution in [0.15, 0.2) is 22.3 Å². The van der Waals surface area contributed by atoms with Crippen LogP contribution in [0.2, 0.25) is 0 Å². The molecule has 2 nitrogen and oxygen atoms in total. The van der Waals surface area contributed by atoms with Crippen LogP contribution in [0.1, 0.15) is 6.92 Å². The molecule has 0 fully saturated rings. The average molecular weight is 110 g/mol. The van der Waals surface area contributed by atoms with Crippen LogP contribution in [0.3, 0.4) is 0 Å². The fourth-order valence-corrected chi connectivity index (χ4v) is 0.241. The van der Waals surface area contributed by atoms with E-state index in [-0.39, 0.29) is 0 Å². The molecule has 0 aromatic rings. The third-order valence-electron chi connectivity index (χ3n) is 0.537. The molecule has 44 valence electrons. The lowest BCUT2D eigenvalue weighted by atomic mass is 10.7. The van der Waals surface area contributed by atoms with Crippen LogP contribution in [0.25, 0.3) is 0 Å². The molecule has 0 heterocycles. The van der Waals surface area contributed by atoms with Crippen molar-refractivity contribution in [1.82, 2.24) is 0 Å². The summed E-state index contributed by atoms with van der Waals surface area (Å²) in [6.07, 6.45) is 6.85. The van der Waals surface area contributed by atoms with Crippen LogP contribution in [0.4, 0.5) is 0 Å². The van der Waals surface area contributed by atoms with Crippen LogP contribution >= 0.6 is 0 Å². The zero-order valence-corrected chi connectivity index (χ0v) is 5.20. The standard InChI is InChI=1S/C6H10N2/c1-3-4-8-6-5-7-2/h3-6H,1-2H3/b4-3-,7-5?,8-6-. The van der Waals surface area contributed by atoms with Gasteiger partial charge in [-0.3, -0.25) is 9.98 Å². The van der Waals surface area contributed by atoms with Crippen LogP contribution in [-0.4, -0.2) is 19.5 Å². The third kappa shape index (κ3) is 5.08. The highest BCUT2D eigenvalue weighted by molar-refractivity contribution is 6.16. The molecular weight excluding hydrogens is 100 g/mol. The molecule has 0 rings (SSSR count). The summed E-state index contributed by atoms with van der Waals surface area (Å²) in [4.78, 5) is 7.52. The van der Waals surface area contributed by atoms with Crippen molar-refractivity contribution in [3.63, 3.8) is 0 Å². The Morgan fingerprint density at radius 1 is 1.25 bits per heavy atom. The maximum atomic E-state index is 3.82. The smallest absolute Gasteiger partial charge is 0.0446 e. The van der Waals surface area contributed by atoms with Gasteiger partial charge in [-0.05, 0) is 6.92 Å². The minimum Gasteiger partial charge on any atom is -0.295 e. The van der Waals surface area contributed by atoms with Crippen LogP contribution in [0, 0.1) is 0 Å². The summed E-state index contributed by atoms with van der Waals surface area (Å²) < 4.78 is 0. The van der Waals surface area contributed by atoms with E-state index >= 15 is 0 Å². The van der Waals surface area contributed by atoms with Gasteiger partial charge in [0.15, 0.2) is 0 Å². The summed E-state index contributed by atoms with van der Waals surface area (Å²) in [5, 5.41) is 0. The van der Waals surface area contributed by atoms with Crippen molar-refractivity contribution < 1.29 is 0 Å². The average Bonchev–Trinajstić information content (AvgIpc) is 1.81. The van der Waals surface area contributed by atoms with E-state index in [2.05, 4.69) is 9.98 Å².